The Morgan fingerprint density at radius 2 is 1.52 bits per heavy atom. The van der Waals surface area contributed by atoms with Crippen molar-refractivity contribution in [2.75, 3.05) is 6.61 Å². The van der Waals surface area contributed by atoms with Gasteiger partial charge >= 0.3 is 7.12 Å². The zero-order chi connectivity index (χ0) is 15.8. The van der Waals surface area contributed by atoms with Crippen LogP contribution in [-0.2, 0) is 9.31 Å². The minimum absolute atomic E-state index is 0.173. The van der Waals surface area contributed by atoms with Gasteiger partial charge in [0.25, 0.3) is 0 Å². The molecule has 0 spiro atoms. The first-order valence-corrected chi connectivity index (χ1v) is 7.15. The largest absolute Gasteiger partial charge is 0.500 e. The second-order valence-electron chi connectivity index (χ2n) is 6.24. The van der Waals surface area contributed by atoms with Crippen LogP contribution in [0.25, 0.3) is 0 Å². The summed E-state index contributed by atoms with van der Waals surface area (Å²) >= 11 is 0. The number of hydrogen-bond acceptors (Lipinski definition) is 3. The van der Waals surface area contributed by atoms with E-state index in [-0.39, 0.29) is 11.2 Å². The summed E-state index contributed by atoms with van der Waals surface area (Å²) < 4.78 is 45.1. The monoisotopic (exact) mass is 298 g/mol. The third kappa shape index (κ3) is 3.06. The summed E-state index contributed by atoms with van der Waals surface area (Å²) in [4.78, 5) is 0. The summed E-state index contributed by atoms with van der Waals surface area (Å²) in [6.45, 7) is 9.67. The van der Waals surface area contributed by atoms with Crippen LogP contribution in [0.2, 0.25) is 0 Å². The van der Waals surface area contributed by atoms with E-state index in [1.807, 2.05) is 34.6 Å². The highest BCUT2D eigenvalue weighted by molar-refractivity contribution is 6.62. The molecule has 3 nitrogen and oxygen atoms in total. The highest BCUT2D eigenvalue weighted by Crippen LogP contribution is 2.37. The molecule has 0 amide bonds. The van der Waals surface area contributed by atoms with Crippen LogP contribution in [0.5, 0.6) is 5.75 Å². The number of rotatable bonds is 4. The molecule has 1 aromatic carbocycles. The molecule has 1 fully saturated rings. The lowest BCUT2D eigenvalue weighted by Gasteiger charge is -2.32. The lowest BCUT2D eigenvalue weighted by Crippen LogP contribution is -2.41. The van der Waals surface area contributed by atoms with Crippen LogP contribution >= 0.6 is 0 Å². The van der Waals surface area contributed by atoms with Gasteiger partial charge in [0.15, 0.2) is 0 Å². The molecule has 6 heteroatoms. The molecule has 0 bridgehead atoms. The summed E-state index contributed by atoms with van der Waals surface area (Å²) in [5.41, 5.74) is -1.50. The van der Waals surface area contributed by atoms with Gasteiger partial charge in [0.1, 0.15) is 17.4 Å². The second-order valence-corrected chi connectivity index (χ2v) is 6.24. The van der Waals surface area contributed by atoms with E-state index in [9.17, 15) is 8.78 Å². The third-order valence-electron chi connectivity index (χ3n) is 4.01. The Morgan fingerprint density at radius 3 is 1.95 bits per heavy atom. The van der Waals surface area contributed by atoms with Gasteiger partial charge in [-0.05, 0) is 34.1 Å². The van der Waals surface area contributed by atoms with Crippen molar-refractivity contribution in [1.29, 1.82) is 0 Å². The van der Waals surface area contributed by atoms with E-state index in [1.165, 1.54) is 12.1 Å². The maximum absolute atomic E-state index is 14.2. The summed E-state index contributed by atoms with van der Waals surface area (Å²) in [7, 11) is -1.06. The van der Waals surface area contributed by atoms with Crippen molar-refractivity contribution in [3.8, 4) is 5.75 Å². The van der Waals surface area contributed by atoms with Crippen LogP contribution in [0, 0.1) is 11.6 Å². The van der Waals surface area contributed by atoms with Gasteiger partial charge < -0.3 is 14.0 Å². The first kappa shape index (κ1) is 16.2. The molecule has 1 aromatic rings. The van der Waals surface area contributed by atoms with Gasteiger partial charge in [-0.15, -0.1) is 0 Å². The van der Waals surface area contributed by atoms with Crippen LogP contribution < -0.4 is 10.2 Å². The summed E-state index contributed by atoms with van der Waals surface area (Å²) in [6, 6.07) is 2.33. The molecule has 1 saturated heterocycles. The van der Waals surface area contributed by atoms with Crippen molar-refractivity contribution in [2.24, 2.45) is 0 Å². The zero-order valence-electron chi connectivity index (χ0n) is 13.1. The molecule has 0 atom stereocenters. The zero-order valence-corrected chi connectivity index (χ0v) is 13.1. The summed E-state index contributed by atoms with van der Waals surface area (Å²) in [5, 5.41) is 0. The Morgan fingerprint density at radius 1 is 1.05 bits per heavy atom. The molecule has 1 aliphatic heterocycles. The minimum atomic E-state index is -1.06. The van der Waals surface area contributed by atoms with Crippen molar-refractivity contribution in [3.05, 3.63) is 23.8 Å². The molecular weight excluding hydrogens is 277 g/mol. The Labute approximate surface area is 124 Å². The van der Waals surface area contributed by atoms with Crippen LogP contribution in [-0.4, -0.2) is 24.9 Å². The molecule has 0 N–H and O–H groups in total. The quantitative estimate of drug-likeness (QED) is 0.800. The molecule has 0 aliphatic carbocycles. The molecule has 0 aromatic heterocycles. The van der Waals surface area contributed by atoms with Gasteiger partial charge in [-0.1, -0.05) is 6.92 Å². The molecule has 21 heavy (non-hydrogen) atoms. The predicted molar refractivity (Wildman–Crippen MR) is 77.9 cm³/mol. The Hall–Kier alpha value is -1.14. The van der Waals surface area contributed by atoms with E-state index in [1.54, 1.807) is 0 Å². The lowest BCUT2D eigenvalue weighted by atomic mass is 9.78. The molecule has 1 heterocycles. The van der Waals surface area contributed by atoms with E-state index in [2.05, 4.69) is 0 Å². The minimum Gasteiger partial charge on any atom is -0.493 e. The van der Waals surface area contributed by atoms with E-state index in [4.69, 9.17) is 14.0 Å². The third-order valence-corrected chi connectivity index (χ3v) is 4.01. The van der Waals surface area contributed by atoms with Crippen LogP contribution in [0.15, 0.2) is 12.1 Å². The summed E-state index contributed by atoms with van der Waals surface area (Å²) in [5.74, 6) is -1.27. The van der Waals surface area contributed by atoms with E-state index < -0.39 is 30.0 Å². The fourth-order valence-electron chi connectivity index (χ4n) is 2.05. The maximum atomic E-state index is 14.2. The fourth-order valence-corrected chi connectivity index (χ4v) is 2.05. The first-order chi connectivity index (χ1) is 9.68. The average molecular weight is 298 g/mol. The van der Waals surface area contributed by atoms with Crippen LogP contribution in [0.3, 0.4) is 0 Å². The summed E-state index contributed by atoms with van der Waals surface area (Å²) in [6.07, 6.45) is 0.766. The fraction of sp³-hybridized carbons (Fsp3) is 0.600. The highest BCUT2D eigenvalue weighted by Gasteiger charge is 2.53. The highest BCUT2D eigenvalue weighted by atomic mass is 19.1. The molecule has 2 rings (SSSR count). The first-order valence-electron chi connectivity index (χ1n) is 7.15. The van der Waals surface area contributed by atoms with Gasteiger partial charge in [-0.2, -0.15) is 0 Å². The Kier molecular flexibility index (Phi) is 4.31. The van der Waals surface area contributed by atoms with Gasteiger partial charge in [0, 0.05) is 12.1 Å². The Balaban J connectivity index is 2.30. The van der Waals surface area contributed by atoms with E-state index in [0.717, 1.165) is 6.42 Å². The van der Waals surface area contributed by atoms with E-state index in [0.29, 0.717) is 6.61 Å². The molecule has 0 unspecified atom stereocenters. The molecule has 0 radical (unpaired) electrons. The Bertz CT molecular complexity index is 493. The average Bonchev–Trinajstić information content (AvgIpc) is 2.54. The van der Waals surface area contributed by atoms with Crippen molar-refractivity contribution in [3.63, 3.8) is 0 Å². The van der Waals surface area contributed by atoms with E-state index >= 15 is 0 Å². The molecule has 1 aliphatic rings. The van der Waals surface area contributed by atoms with Crippen LogP contribution in [0.4, 0.5) is 8.78 Å². The molecular formula is C15H21BF2O3. The van der Waals surface area contributed by atoms with Crippen molar-refractivity contribution in [2.45, 2.75) is 52.2 Å². The van der Waals surface area contributed by atoms with Gasteiger partial charge in [-0.3, -0.25) is 0 Å². The number of hydrogen-bond donors (Lipinski definition) is 0. The number of benzene rings is 1. The number of halogens is 2. The van der Waals surface area contributed by atoms with Gasteiger partial charge in [0.05, 0.1) is 23.3 Å². The maximum Gasteiger partial charge on any atom is 0.500 e. The van der Waals surface area contributed by atoms with Crippen molar-refractivity contribution >= 4 is 12.6 Å². The van der Waals surface area contributed by atoms with Crippen molar-refractivity contribution in [1.82, 2.24) is 0 Å². The standard InChI is InChI=1S/C15H21BF2O3/c1-6-7-19-10-8-11(17)13(12(18)9-10)16-20-14(2,3)15(4,5)21-16/h8-9H,6-7H2,1-5H3. The lowest BCUT2D eigenvalue weighted by molar-refractivity contribution is 0.00578. The smallest absolute Gasteiger partial charge is 0.493 e. The SMILES string of the molecule is CCCOc1cc(F)c(B2OC(C)(C)C(C)(C)O2)c(F)c1. The number of ether oxygens (including phenoxy) is 1. The molecule has 0 saturated carbocycles. The van der Waals surface area contributed by atoms with Crippen molar-refractivity contribution < 1.29 is 22.8 Å². The second kappa shape index (κ2) is 5.57. The molecule has 116 valence electrons. The topological polar surface area (TPSA) is 27.7 Å². The normalized spacial score (nSPS) is 19.9. The van der Waals surface area contributed by atoms with Gasteiger partial charge in [0.2, 0.25) is 0 Å². The van der Waals surface area contributed by atoms with Gasteiger partial charge in [-0.25, -0.2) is 8.78 Å². The predicted octanol–water partition coefficient (Wildman–Crippen LogP) is 3.05. The van der Waals surface area contributed by atoms with Crippen LogP contribution in [0.1, 0.15) is 41.0 Å².